The van der Waals surface area contributed by atoms with Crippen LogP contribution in [-0.2, 0) is 28.8 Å². The Kier molecular flexibility index (Phi) is 9.03. The molecule has 0 unspecified atom stereocenters. The first-order valence-corrected chi connectivity index (χ1v) is 15.0. The molecule has 0 atom stereocenters. The van der Waals surface area contributed by atoms with Crippen LogP contribution in [0.3, 0.4) is 0 Å². The number of aromatic nitrogens is 1. The van der Waals surface area contributed by atoms with Crippen molar-refractivity contribution >= 4 is 22.7 Å². The van der Waals surface area contributed by atoms with E-state index in [1.54, 1.807) is 12.1 Å². The minimum Gasteiger partial charge on any atom is -0.489 e. The third kappa shape index (κ3) is 6.80. The minimum atomic E-state index is -4.40. The number of halogens is 3. The smallest absolute Gasteiger partial charge is 0.416 e. The second-order valence-electron chi connectivity index (χ2n) is 11.1. The number of nitrogens with zero attached hydrogens (tertiary/aromatic N) is 1. The lowest BCUT2D eigenvalue weighted by Crippen LogP contribution is -2.11. The number of hydrogen-bond donors (Lipinski definition) is 0. The molecule has 0 saturated carbocycles. The van der Waals surface area contributed by atoms with Crippen molar-refractivity contribution < 1.29 is 37.0 Å². The zero-order valence-corrected chi connectivity index (χ0v) is 26.1. The highest BCUT2D eigenvalue weighted by molar-refractivity contribution is 5.96. The summed E-state index contributed by atoms with van der Waals surface area (Å²) < 4.78 is 57.4. The molecular formula is C39H30F3NO5. The molecule has 1 heterocycles. The molecule has 0 saturated heterocycles. The quantitative estimate of drug-likeness (QED) is 0.146. The Morgan fingerprint density at radius 1 is 0.667 bits per heavy atom. The molecule has 5 aromatic carbocycles. The molecule has 242 valence electrons. The second kappa shape index (κ2) is 13.5. The molecule has 0 aliphatic rings. The van der Waals surface area contributed by atoms with Gasteiger partial charge in [-0.3, -0.25) is 0 Å². The van der Waals surface area contributed by atoms with Crippen LogP contribution in [0.15, 0.2) is 121 Å². The van der Waals surface area contributed by atoms with Crippen molar-refractivity contribution in [1.82, 2.24) is 4.57 Å². The van der Waals surface area contributed by atoms with E-state index in [1.807, 2.05) is 72.8 Å². The fraction of sp³-hybridized carbons (Fsp3) is 0.128. The van der Waals surface area contributed by atoms with Gasteiger partial charge in [0.1, 0.15) is 12.4 Å². The van der Waals surface area contributed by atoms with Gasteiger partial charge in [0.05, 0.1) is 30.9 Å². The van der Waals surface area contributed by atoms with Gasteiger partial charge in [-0.05, 0) is 82.1 Å². The van der Waals surface area contributed by atoms with E-state index in [0.717, 1.165) is 51.0 Å². The molecule has 6 aromatic rings. The van der Waals surface area contributed by atoms with E-state index < -0.39 is 23.7 Å². The summed E-state index contributed by atoms with van der Waals surface area (Å²) in [5, 5.41) is 1.88. The summed E-state index contributed by atoms with van der Waals surface area (Å²) in [5.74, 6) is -0.575. The van der Waals surface area contributed by atoms with Crippen LogP contribution in [0.1, 0.15) is 37.4 Å². The zero-order chi connectivity index (χ0) is 33.8. The maximum atomic E-state index is 13.2. The van der Waals surface area contributed by atoms with Crippen molar-refractivity contribution in [3.63, 3.8) is 0 Å². The van der Waals surface area contributed by atoms with Crippen LogP contribution in [0.2, 0.25) is 0 Å². The van der Waals surface area contributed by atoms with Crippen LogP contribution < -0.4 is 4.74 Å². The monoisotopic (exact) mass is 649 g/mol. The number of rotatable bonds is 9. The molecule has 6 rings (SSSR count). The van der Waals surface area contributed by atoms with E-state index in [-0.39, 0.29) is 17.7 Å². The summed E-state index contributed by atoms with van der Waals surface area (Å²) in [6, 6.07) is 35.5. The number of benzene rings is 5. The Labute approximate surface area is 274 Å². The normalized spacial score (nSPS) is 11.4. The first-order valence-electron chi connectivity index (χ1n) is 15.0. The van der Waals surface area contributed by atoms with Gasteiger partial charge in [0.2, 0.25) is 0 Å². The maximum Gasteiger partial charge on any atom is 0.416 e. The van der Waals surface area contributed by atoms with E-state index in [0.29, 0.717) is 17.9 Å². The number of alkyl halides is 3. The number of esters is 2. The minimum absolute atomic E-state index is 0.0647. The average molecular weight is 650 g/mol. The van der Waals surface area contributed by atoms with Crippen molar-refractivity contribution in [3.05, 3.63) is 149 Å². The molecule has 1 aromatic heterocycles. The van der Waals surface area contributed by atoms with Gasteiger partial charge < -0.3 is 18.8 Å². The largest absolute Gasteiger partial charge is 0.489 e. The summed E-state index contributed by atoms with van der Waals surface area (Å²) in [5.41, 5.74) is 4.85. The van der Waals surface area contributed by atoms with Crippen LogP contribution in [0, 0.1) is 0 Å². The van der Waals surface area contributed by atoms with Gasteiger partial charge in [0.25, 0.3) is 0 Å². The molecule has 0 aliphatic heterocycles. The molecule has 0 bridgehead atoms. The van der Waals surface area contributed by atoms with Crippen molar-refractivity contribution in [2.75, 3.05) is 14.2 Å². The Hall–Kier alpha value is -5.83. The molecule has 48 heavy (non-hydrogen) atoms. The molecule has 0 spiro atoms. The number of methoxy groups -OCH3 is 2. The van der Waals surface area contributed by atoms with Crippen molar-refractivity contribution in [3.8, 4) is 28.3 Å². The van der Waals surface area contributed by atoms with Gasteiger partial charge in [-0.1, -0.05) is 66.7 Å². The summed E-state index contributed by atoms with van der Waals surface area (Å²) in [4.78, 5) is 24.4. The van der Waals surface area contributed by atoms with Gasteiger partial charge in [-0.2, -0.15) is 13.2 Å². The lowest BCUT2D eigenvalue weighted by atomic mass is 10.0. The molecular weight excluding hydrogens is 619 g/mol. The predicted molar refractivity (Wildman–Crippen MR) is 177 cm³/mol. The van der Waals surface area contributed by atoms with Crippen molar-refractivity contribution in [1.29, 1.82) is 0 Å². The van der Waals surface area contributed by atoms with Gasteiger partial charge in [-0.25, -0.2) is 9.59 Å². The highest BCUT2D eigenvalue weighted by Crippen LogP contribution is 2.34. The van der Waals surface area contributed by atoms with Crippen molar-refractivity contribution in [2.24, 2.45) is 0 Å². The molecule has 6 nitrogen and oxygen atoms in total. The number of hydrogen-bond acceptors (Lipinski definition) is 5. The average Bonchev–Trinajstić information content (AvgIpc) is 3.53. The topological polar surface area (TPSA) is 66.8 Å². The van der Waals surface area contributed by atoms with Crippen LogP contribution in [0.4, 0.5) is 13.2 Å². The fourth-order valence-electron chi connectivity index (χ4n) is 5.61. The Morgan fingerprint density at radius 3 is 2.02 bits per heavy atom. The summed E-state index contributed by atoms with van der Waals surface area (Å²) >= 11 is 0. The number of ether oxygens (including phenoxy) is 3. The molecule has 0 fully saturated rings. The molecule has 0 N–H and O–H groups in total. The third-order valence-corrected chi connectivity index (χ3v) is 8.11. The SMILES string of the molecule is COC(=O)c1ccc(COc2ccc3cc(-c4ccc(-c5ccccc5)n4Cc4ccc(C(F)(F)F)cc4)ccc3c2)c(C(=O)OC)c1. The second-order valence-corrected chi connectivity index (χ2v) is 11.1. The van der Waals surface area contributed by atoms with E-state index >= 15 is 0 Å². The highest BCUT2D eigenvalue weighted by Gasteiger charge is 2.30. The molecule has 0 radical (unpaired) electrons. The summed E-state index contributed by atoms with van der Waals surface area (Å²) in [7, 11) is 2.53. The molecule has 0 amide bonds. The first-order chi connectivity index (χ1) is 23.1. The highest BCUT2D eigenvalue weighted by atomic mass is 19.4. The predicted octanol–water partition coefficient (Wildman–Crippen LogP) is 9.19. The van der Waals surface area contributed by atoms with Gasteiger partial charge >= 0.3 is 18.1 Å². The van der Waals surface area contributed by atoms with Crippen LogP contribution >= 0.6 is 0 Å². The zero-order valence-electron chi connectivity index (χ0n) is 26.1. The van der Waals surface area contributed by atoms with Crippen LogP contribution in [-0.4, -0.2) is 30.7 Å². The number of carbonyl (C=O) groups is 2. The first kappa shape index (κ1) is 32.1. The van der Waals surface area contributed by atoms with Gasteiger partial charge in [0.15, 0.2) is 0 Å². The van der Waals surface area contributed by atoms with E-state index in [4.69, 9.17) is 14.2 Å². The van der Waals surface area contributed by atoms with Crippen LogP contribution in [0.25, 0.3) is 33.3 Å². The molecule has 0 aliphatic carbocycles. The Bertz CT molecular complexity index is 2100. The van der Waals surface area contributed by atoms with Gasteiger partial charge in [-0.15, -0.1) is 0 Å². The van der Waals surface area contributed by atoms with E-state index in [1.165, 1.54) is 32.4 Å². The summed E-state index contributed by atoms with van der Waals surface area (Å²) in [6.45, 7) is 0.443. The van der Waals surface area contributed by atoms with Crippen molar-refractivity contribution in [2.45, 2.75) is 19.3 Å². The fourth-order valence-corrected chi connectivity index (χ4v) is 5.61. The van der Waals surface area contributed by atoms with E-state index in [9.17, 15) is 22.8 Å². The molecule has 9 heteroatoms. The standard InChI is InChI=1S/C39H30F3NO5/c1-46-37(44)30-12-13-31(34(22-30)38(45)47-2)24-48-33-17-14-27-20-29(11-10-28(27)21-33)36-19-18-35(26-6-4-3-5-7-26)43(36)23-25-8-15-32(16-9-25)39(40,41)42/h3-22H,23-24H2,1-2H3. The van der Waals surface area contributed by atoms with E-state index in [2.05, 4.69) is 10.6 Å². The maximum absolute atomic E-state index is 13.2. The van der Waals surface area contributed by atoms with Crippen LogP contribution in [0.5, 0.6) is 5.75 Å². The summed E-state index contributed by atoms with van der Waals surface area (Å²) in [6.07, 6.45) is -4.40. The number of carbonyl (C=O) groups excluding carboxylic acids is 2. The third-order valence-electron chi connectivity index (χ3n) is 8.11. The lowest BCUT2D eigenvalue weighted by molar-refractivity contribution is -0.137. The van der Waals surface area contributed by atoms with Gasteiger partial charge in [0, 0.05) is 23.5 Å². The lowest BCUT2D eigenvalue weighted by Gasteiger charge is -2.16. The Balaban J connectivity index is 1.28. The number of fused-ring (bicyclic) bond motifs is 1. The Morgan fingerprint density at radius 2 is 1.33 bits per heavy atom.